The van der Waals surface area contributed by atoms with Crippen molar-refractivity contribution in [3.05, 3.63) is 0 Å². The molecule has 0 aromatic rings. The van der Waals surface area contributed by atoms with Crippen LogP contribution >= 0.6 is 0 Å². The molecule has 0 saturated carbocycles. The highest BCUT2D eigenvalue weighted by Crippen LogP contribution is 2.15. The second-order valence-electron chi connectivity index (χ2n) is 13.2. The molecule has 4 amide bonds. The maximum atomic E-state index is 12.0. The van der Waals surface area contributed by atoms with Crippen molar-refractivity contribution in [2.75, 3.05) is 0 Å². The first-order valence-corrected chi connectivity index (χ1v) is 19.2. The van der Waals surface area contributed by atoms with Crippen molar-refractivity contribution in [1.82, 2.24) is 10.6 Å². The summed E-state index contributed by atoms with van der Waals surface area (Å²) in [6.07, 6.45) is 37.9. The zero-order chi connectivity index (χ0) is 32.4. The maximum absolute atomic E-state index is 12.0. The summed E-state index contributed by atoms with van der Waals surface area (Å²) >= 11 is 0. The Morgan fingerprint density at radius 3 is 0.682 bits per heavy atom. The molecule has 258 valence electrons. The minimum Gasteiger partial charge on any atom is -0.288 e. The summed E-state index contributed by atoms with van der Waals surface area (Å²) in [5, 5.41) is 4.23. The van der Waals surface area contributed by atoms with Crippen molar-refractivity contribution in [3.63, 3.8) is 0 Å². The van der Waals surface area contributed by atoms with Gasteiger partial charge in [0.25, 0.3) is 0 Å². The standard InChI is InChI=1S/C38H72N2O4/c1-3-5-7-9-11-13-15-17-19-21-23-25-27-29-31-33-35(41)39-37(43)38(44)40-36(42)34-32-30-28-26-24-22-20-18-16-14-12-10-8-6-4-2/h3-34H2,1-2H3,(H,39,41,43)(H,40,42,44). The van der Waals surface area contributed by atoms with Crippen LogP contribution in [-0.2, 0) is 19.2 Å². The van der Waals surface area contributed by atoms with Gasteiger partial charge in [0.05, 0.1) is 0 Å². The van der Waals surface area contributed by atoms with Crippen molar-refractivity contribution < 1.29 is 19.2 Å². The number of hydrogen-bond acceptors (Lipinski definition) is 4. The van der Waals surface area contributed by atoms with E-state index in [4.69, 9.17) is 0 Å². The van der Waals surface area contributed by atoms with E-state index in [1.165, 1.54) is 154 Å². The lowest BCUT2D eigenvalue weighted by Gasteiger charge is -2.06. The Morgan fingerprint density at radius 2 is 0.477 bits per heavy atom. The molecule has 6 heteroatoms. The van der Waals surface area contributed by atoms with E-state index >= 15 is 0 Å². The zero-order valence-corrected chi connectivity index (χ0v) is 29.3. The third-order valence-corrected chi connectivity index (χ3v) is 8.73. The molecule has 0 aromatic heterocycles. The van der Waals surface area contributed by atoms with E-state index in [0.717, 1.165) is 25.7 Å². The van der Waals surface area contributed by atoms with Gasteiger partial charge >= 0.3 is 11.8 Å². The Labute approximate surface area is 272 Å². The molecular weight excluding hydrogens is 548 g/mol. The van der Waals surface area contributed by atoms with Crippen LogP contribution in [0.5, 0.6) is 0 Å². The van der Waals surface area contributed by atoms with Crippen molar-refractivity contribution in [2.24, 2.45) is 0 Å². The predicted octanol–water partition coefficient (Wildman–Crippen LogP) is 10.8. The van der Waals surface area contributed by atoms with Gasteiger partial charge in [-0.2, -0.15) is 0 Å². The molecule has 0 aliphatic carbocycles. The fraction of sp³-hybridized carbons (Fsp3) is 0.895. The molecule has 2 N–H and O–H groups in total. The Kier molecular flexibility index (Phi) is 32.8. The lowest BCUT2D eigenvalue weighted by molar-refractivity contribution is -0.144. The second-order valence-corrected chi connectivity index (χ2v) is 13.2. The lowest BCUT2D eigenvalue weighted by atomic mass is 10.0. The SMILES string of the molecule is CCCCCCCCCCCCCCCCCC(=O)NC(=O)C(=O)NC(=O)CCCCCCCCCCCCCCCCC. The van der Waals surface area contributed by atoms with Crippen LogP contribution in [0.3, 0.4) is 0 Å². The first-order valence-electron chi connectivity index (χ1n) is 19.2. The lowest BCUT2D eigenvalue weighted by Crippen LogP contribution is -2.44. The highest BCUT2D eigenvalue weighted by atomic mass is 16.2. The van der Waals surface area contributed by atoms with Gasteiger partial charge in [-0.25, -0.2) is 0 Å². The van der Waals surface area contributed by atoms with E-state index < -0.39 is 23.6 Å². The molecule has 0 rings (SSSR count). The monoisotopic (exact) mass is 621 g/mol. The summed E-state index contributed by atoms with van der Waals surface area (Å²) in [5.41, 5.74) is 0. The molecule has 0 aliphatic heterocycles. The number of amides is 4. The largest absolute Gasteiger partial charge is 0.316 e. The minimum atomic E-state index is -1.04. The summed E-state index contributed by atoms with van der Waals surface area (Å²) in [4.78, 5) is 48.0. The number of hydrogen-bond donors (Lipinski definition) is 2. The molecule has 0 heterocycles. The third-order valence-electron chi connectivity index (χ3n) is 8.73. The van der Waals surface area contributed by atoms with E-state index in [1.807, 2.05) is 0 Å². The van der Waals surface area contributed by atoms with Crippen molar-refractivity contribution in [1.29, 1.82) is 0 Å². The Hall–Kier alpha value is -1.72. The van der Waals surface area contributed by atoms with Gasteiger partial charge in [-0.1, -0.05) is 194 Å². The van der Waals surface area contributed by atoms with Gasteiger partial charge in [-0.3, -0.25) is 29.8 Å². The van der Waals surface area contributed by atoms with Crippen LogP contribution in [0.25, 0.3) is 0 Å². The van der Waals surface area contributed by atoms with Crippen molar-refractivity contribution in [3.8, 4) is 0 Å². The smallest absolute Gasteiger partial charge is 0.288 e. The summed E-state index contributed by atoms with van der Waals surface area (Å²) in [5.74, 6) is -2.98. The fourth-order valence-electron chi connectivity index (χ4n) is 5.81. The van der Waals surface area contributed by atoms with Gasteiger partial charge < -0.3 is 0 Å². The highest BCUT2D eigenvalue weighted by molar-refractivity contribution is 6.40. The first kappa shape index (κ1) is 42.3. The molecule has 0 aromatic carbocycles. The van der Waals surface area contributed by atoms with Crippen molar-refractivity contribution in [2.45, 2.75) is 219 Å². The van der Waals surface area contributed by atoms with Gasteiger partial charge in [-0.05, 0) is 12.8 Å². The van der Waals surface area contributed by atoms with Crippen molar-refractivity contribution >= 4 is 23.6 Å². The van der Waals surface area contributed by atoms with E-state index in [2.05, 4.69) is 24.5 Å². The summed E-state index contributed by atoms with van der Waals surface area (Å²) in [6.45, 7) is 4.52. The highest BCUT2D eigenvalue weighted by Gasteiger charge is 2.18. The molecule has 0 aliphatic rings. The number of carbonyl (C=O) groups is 4. The van der Waals surface area contributed by atoms with Gasteiger partial charge in [0.15, 0.2) is 0 Å². The quantitative estimate of drug-likeness (QED) is 0.0578. The number of carbonyl (C=O) groups excluding carboxylic acids is 4. The average molecular weight is 621 g/mol. The number of imide groups is 2. The topological polar surface area (TPSA) is 92.3 Å². The van der Waals surface area contributed by atoms with E-state index in [0.29, 0.717) is 12.8 Å². The molecule has 44 heavy (non-hydrogen) atoms. The molecule has 0 bridgehead atoms. The molecule has 0 radical (unpaired) electrons. The van der Waals surface area contributed by atoms with E-state index in [1.54, 1.807) is 0 Å². The van der Waals surface area contributed by atoms with E-state index in [9.17, 15) is 19.2 Å². The van der Waals surface area contributed by atoms with E-state index in [-0.39, 0.29) is 12.8 Å². The molecule has 0 fully saturated rings. The van der Waals surface area contributed by atoms with Gasteiger partial charge in [-0.15, -0.1) is 0 Å². The molecule has 0 atom stereocenters. The third kappa shape index (κ3) is 31.7. The summed E-state index contributed by atoms with van der Waals surface area (Å²) in [7, 11) is 0. The van der Waals surface area contributed by atoms with Gasteiger partial charge in [0.1, 0.15) is 0 Å². The summed E-state index contributed by atoms with van der Waals surface area (Å²) < 4.78 is 0. The molecular formula is C38H72N2O4. The van der Waals surface area contributed by atoms with Crippen LogP contribution in [0.2, 0.25) is 0 Å². The zero-order valence-electron chi connectivity index (χ0n) is 29.3. The van der Waals surface area contributed by atoms with Crippen LogP contribution < -0.4 is 10.6 Å². The second kappa shape index (κ2) is 34.2. The normalized spacial score (nSPS) is 11.0. The van der Waals surface area contributed by atoms with Crippen LogP contribution in [0.15, 0.2) is 0 Å². The minimum absolute atomic E-state index is 0.227. The Morgan fingerprint density at radius 1 is 0.295 bits per heavy atom. The van der Waals surface area contributed by atoms with Gasteiger partial charge in [0.2, 0.25) is 11.8 Å². The molecule has 0 unspecified atom stereocenters. The Balaban J connectivity index is 3.52. The molecule has 0 saturated heterocycles. The molecule has 0 spiro atoms. The van der Waals surface area contributed by atoms with Crippen LogP contribution in [0.4, 0.5) is 0 Å². The average Bonchev–Trinajstić information content (AvgIpc) is 3.00. The maximum Gasteiger partial charge on any atom is 0.316 e. The van der Waals surface area contributed by atoms with Gasteiger partial charge in [0, 0.05) is 12.8 Å². The molecule has 6 nitrogen and oxygen atoms in total. The number of rotatable bonds is 32. The summed E-state index contributed by atoms with van der Waals surface area (Å²) in [6, 6.07) is 0. The van der Waals surface area contributed by atoms with Crippen LogP contribution in [-0.4, -0.2) is 23.6 Å². The van der Waals surface area contributed by atoms with Crippen LogP contribution in [0.1, 0.15) is 219 Å². The predicted molar refractivity (Wildman–Crippen MR) is 185 cm³/mol. The Bertz CT molecular complexity index is 636. The fourth-order valence-corrected chi connectivity index (χ4v) is 5.81. The first-order chi connectivity index (χ1) is 21.5. The van der Waals surface area contributed by atoms with Crippen LogP contribution in [0, 0.1) is 0 Å². The number of unbranched alkanes of at least 4 members (excludes halogenated alkanes) is 28. The number of nitrogens with one attached hydrogen (secondary N) is 2.